The summed E-state index contributed by atoms with van der Waals surface area (Å²) in [6.07, 6.45) is 7.09. The van der Waals surface area contributed by atoms with Gasteiger partial charge >= 0.3 is 0 Å². The molecule has 0 saturated carbocycles. The van der Waals surface area contributed by atoms with Crippen LogP contribution >= 0.6 is 11.6 Å². The van der Waals surface area contributed by atoms with E-state index >= 15 is 0 Å². The zero-order valence-electron chi connectivity index (χ0n) is 19.4. The number of benzene rings is 2. The molecular formula is C26H31ClF2N4. The number of nitrogens with zero attached hydrogens (tertiary/aromatic N) is 2. The van der Waals surface area contributed by atoms with E-state index in [1.54, 1.807) is 24.5 Å². The largest absolute Gasteiger partial charge is 0.372 e. The molecule has 0 bridgehead atoms. The summed E-state index contributed by atoms with van der Waals surface area (Å²) in [7, 11) is 0. The summed E-state index contributed by atoms with van der Waals surface area (Å²) in [6.45, 7) is 7.69. The van der Waals surface area contributed by atoms with Crippen molar-refractivity contribution < 1.29 is 8.78 Å². The highest BCUT2D eigenvalue weighted by Gasteiger charge is 2.15. The lowest BCUT2D eigenvalue weighted by Crippen LogP contribution is -2.21. The quantitative estimate of drug-likeness (QED) is 0.453. The monoisotopic (exact) mass is 472 g/mol. The van der Waals surface area contributed by atoms with Gasteiger partial charge < -0.3 is 10.3 Å². The number of aryl methyl sites for hydroxylation is 1. The Kier molecular flexibility index (Phi) is 9.01. The van der Waals surface area contributed by atoms with E-state index in [9.17, 15) is 8.78 Å². The molecular weight excluding hydrogens is 442 g/mol. The highest BCUT2D eigenvalue weighted by Crippen LogP contribution is 2.24. The van der Waals surface area contributed by atoms with Crippen LogP contribution in [0.4, 0.5) is 8.78 Å². The fourth-order valence-electron chi connectivity index (χ4n) is 4.15. The number of H-pyrrole nitrogens is 1. The lowest BCUT2D eigenvalue weighted by atomic mass is 9.94. The molecule has 1 aliphatic heterocycles. The molecule has 176 valence electrons. The molecule has 2 N–H and O–H groups in total. The van der Waals surface area contributed by atoms with Crippen molar-refractivity contribution in [1.29, 1.82) is 0 Å². The van der Waals surface area contributed by atoms with E-state index in [0.717, 1.165) is 60.7 Å². The molecule has 0 aliphatic carbocycles. The van der Waals surface area contributed by atoms with Gasteiger partial charge in [0.1, 0.15) is 23.3 Å². The van der Waals surface area contributed by atoms with Crippen LogP contribution in [0.15, 0.2) is 41.7 Å². The molecule has 0 amide bonds. The average molecular weight is 473 g/mol. The van der Waals surface area contributed by atoms with Gasteiger partial charge in [0.25, 0.3) is 0 Å². The average Bonchev–Trinajstić information content (AvgIpc) is 3.52. The third kappa shape index (κ3) is 6.20. The fraction of sp³-hybridized carbons (Fsp3) is 0.385. The number of aliphatic imine (C=N–C) groups is 1. The number of imidazole rings is 1. The summed E-state index contributed by atoms with van der Waals surface area (Å²) in [5.74, 6) is 1.44. The van der Waals surface area contributed by atoms with Crippen molar-refractivity contribution in [3.63, 3.8) is 0 Å². The highest BCUT2D eigenvalue weighted by molar-refractivity contribution is 6.31. The molecule has 0 fully saturated rings. The van der Waals surface area contributed by atoms with Crippen molar-refractivity contribution in [2.75, 3.05) is 13.1 Å². The maximum atomic E-state index is 13.8. The minimum Gasteiger partial charge on any atom is -0.372 e. The molecule has 4 rings (SSSR count). The third-order valence-corrected chi connectivity index (χ3v) is 6.22. The summed E-state index contributed by atoms with van der Waals surface area (Å²) < 4.78 is 27.5. The van der Waals surface area contributed by atoms with Gasteiger partial charge in [-0.15, -0.1) is 0 Å². The van der Waals surface area contributed by atoms with Crippen molar-refractivity contribution >= 4 is 17.4 Å². The molecule has 2 heterocycles. The van der Waals surface area contributed by atoms with Crippen LogP contribution in [0.3, 0.4) is 0 Å². The van der Waals surface area contributed by atoms with Crippen LogP contribution in [0.5, 0.6) is 0 Å². The minimum absolute atomic E-state index is 0.105. The first-order valence-electron chi connectivity index (χ1n) is 11.5. The van der Waals surface area contributed by atoms with Crippen LogP contribution in [-0.2, 0) is 32.1 Å². The number of hydrogen-bond donors (Lipinski definition) is 2. The molecule has 1 aliphatic rings. The second-order valence-corrected chi connectivity index (χ2v) is 8.26. The van der Waals surface area contributed by atoms with Crippen LogP contribution < -0.4 is 5.32 Å². The van der Waals surface area contributed by atoms with Gasteiger partial charge in [0, 0.05) is 36.8 Å². The molecule has 7 heteroatoms. The van der Waals surface area contributed by atoms with Crippen LogP contribution in [0.25, 0.3) is 0 Å². The number of aromatic nitrogens is 2. The molecule has 4 nitrogen and oxygen atoms in total. The smallest absolute Gasteiger partial charge is 0.127 e. The zero-order valence-corrected chi connectivity index (χ0v) is 20.2. The summed E-state index contributed by atoms with van der Waals surface area (Å²) >= 11 is 6.06. The first-order valence-corrected chi connectivity index (χ1v) is 11.9. The highest BCUT2D eigenvalue weighted by atomic mass is 35.5. The number of amidine groups is 1. The van der Waals surface area contributed by atoms with Gasteiger partial charge in [-0.05, 0) is 65.3 Å². The molecule has 0 spiro atoms. The topological polar surface area (TPSA) is 53.1 Å². The second kappa shape index (κ2) is 11.9. The number of nitrogens with one attached hydrogen (secondary N) is 2. The summed E-state index contributed by atoms with van der Waals surface area (Å²) in [5.41, 5.74) is 4.67. The van der Waals surface area contributed by atoms with Gasteiger partial charge in [0.2, 0.25) is 0 Å². The molecule has 0 unspecified atom stereocenters. The van der Waals surface area contributed by atoms with Gasteiger partial charge in [-0.3, -0.25) is 4.99 Å². The molecule has 0 atom stereocenters. The van der Waals surface area contributed by atoms with Crippen LogP contribution in [0.1, 0.15) is 54.4 Å². The van der Waals surface area contributed by atoms with Gasteiger partial charge in [-0.1, -0.05) is 38.4 Å². The summed E-state index contributed by atoms with van der Waals surface area (Å²) in [4.78, 5) is 11.6. The molecule has 1 aromatic heterocycles. The Labute approximate surface area is 199 Å². The maximum absolute atomic E-state index is 13.8. The normalized spacial score (nSPS) is 12.7. The first-order chi connectivity index (χ1) is 16.0. The number of halogens is 3. The first kappa shape index (κ1) is 24.9. The Hall–Kier alpha value is -2.73. The Morgan fingerprint density at radius 3 is 2.21 bits per heavy atom. The maximum Gasteiger partial charge on any atom is 0.127 e. The third-order valence-electron chi connectivity index (χ3n) is 5.86. The molecule has 3 aromatic rings. The summed E-state index contributed by atoms with van der Waals surface area (Å²) in [6, 6.07) is 6.49. The van der Waals surface area contributed by atoms with Crippen molar-refractivity contribution in [2.24, 2.45) is 4.99 Å². The van der Waals surface area contributed by atoms with Crippen LogP contribution in [0, 0.1) is 11.6 Å². The standard InChI is InChI=1S/C14H17FN2.C12H14ClFN2/c1-3-10-5-6-13(15)11(4-2)12(10)9-14-16-7-8-17-14;1-2-8-9(7-12-15-5-6-16-12)11(14)4-3-10(8)13/h5-8H,3-4,9H2,1-2H3,(H,16,17);3-4H,2,5-7H2,1H3,(H,15,16). The SMILES string of the molecule is CCc1c(Cl)ccc(F)c1CC1=NCCN1.CCc1ccc(F)c(CC)c1Cc1ncc[nH]1. The summed E-state index contributed by atoms with van der Waals surface area (Å²) in [5, 5.41) is 3.78. The molecule has 2 aromatic carbocycles. The van der Waals surface area contributed by atoms with Crippen molar-refractivity contribution in [1.82, 2.24) is 15.3 Å². The Bertz CT molecular complexity index is 1090. The van der Waals surface area contributed by atoms with E-state index in [-0.39, 0.29) is 11.6 Å². The Morgan fingerprint density at radius 1 is 0.879 bits per heavy atom. The van der Waals surface area contributed by atoms with E-state index in [2.05, 4.69) is 27.2 Å². The number of hydrogen-bond acceptors (Lipinski definition) is 3. The van der Waals surface area contributed by atoms with Gasteiger partial charge in [0.05, 0.1) is 6.54 Å². The predicted octanol–water partition coefficient (Wildman–Crippen LogP) is 5.85. The minimum atomic E-state index is -0.197. The van der Waals surface area contributed by atoms with E-state index in [1.807, 2.05) is 19.9 Å². The van der Waals surface area contributed by atoms with Crippen molar-refractivity contribution in [3.8, 4) is 0 Å². The lowest BCUT2D eigenvalue weighted by molar-refractivity contribution is 0.607. The Morgan fingerprint density at radius 2 is 1.61 bits per heavy atom. The number of rotatable bonds is 7. The molecule has 33 heavy (non-hydrogen) atoms. The van der Waals surface area contributed by atoms with E-state index in [1.165, 1.54) is 11.6 Å². The van der Waals surface area contributed by atoms with Gasteiger partial charge in [0.15, 0.2) is 0 Å². The van der Waals surface area contributed by atoms with Crippen LogP contribution in [0.2, 0.25) is 5.02 Å². The molecule has 0 radical (unpaired) electrons. The predicted molar refractivity (Wildman–Crippen MR) is 131 cm³/mol. The van der Waals surface area contributed by atoms with Crippen LogP contribution in [-0.4, -0.2) is 28.9 Å². The van der Waals surface area contributed by atoms with E-state index in [0.29, 0.717) is 23.4 Å². The Balaban J connectivity index is 0.000000186. The second-order valence-electron chi connectivity index (χ2n) is 7.86. The lowest BCUT2D eigenvalue weighted by Gasteiger charge is -2.13. The van der Waals surface area contributed by atoms with Crippen molar-refractivity contribution in [3.05, 3.63) is 87.0 Å². The van der Waals surface area contributed by atoms with Crippen molar-refractivity contribution in [2.45, 2.75) is 52.9 Å². The number of aromatic amines is 1. The molecule has 0 saturated heterocycles. The van der Waals surface area contributed by atoms with E-state index in [4.69, 9.17) is 11.6 Å². The van der Waals surface area contributed by atoms with Gasteiger partial charge in [-0.25, -0.2) is 13.8 Å². The fourth-order valence-corrected chi connectivity index (χ4v) is 4.46. The van der Waals surface area contributed by atoms with Gasteiger partial charge in [-0.2, -0.15) is 0 Å². The zero-order chi connectivity index (χ0) is 23.8. The van der Waals surface area contributed by atoms with E-state index < -0.39 is 0 Å².